The van der Waals surface area contributed by atoms with Crippen molar-refractivity contribution in [3.05, 3.63) is 29.8 Å². The van der Waals surface area contributed by atoms with Gasteiger partial charge in [0.05, 0.1) is 6.10 Å². The summed E-state index contributed by atoms with van der Waals surface area (Å²) in [7, 11) is 3.89. The van der Waals surface area contributed by atoms with E-state index >= 15 is 0 Å². The monoisotopic (exact) mass is 365 g/mol. The zero-order valence-corrected chi connectivity index (χ0v) is 16.5. The summed E-state index contributed by atoms with van der Waals surface area (Å²) in [6, 6.07) is 8.68. The summed E-state index contributed by atoms with van der Waals surface area (Å²) in [5.74, 6) is 0.917. The molecule has 0 atom stereocenters. The first kappa shape index (κ1) is 20.1. The summed E-state index contributed by atoms with van der Waals surface area (Å²) < 4.78 is 11.2. The fraction of sp³-hybridized carbons (Fsp3) is 0.632. The molecule has 0 bridgehead atoms. The van der Waals surface area contributed by atoms with Crippen LogP contribution in [0.1, 0.15) is 24.8 Å². The number of hydrogen-bond acceptors (Lipinski definition) is 4. The van der Waals surface area contributed by atoms with E-state index in [4.69, 9.17) is 9.47 Å². The van der Waals surface area contributed by atoms with Crippen LogP contribution in [0.15, 0.2) is 34.2 Å². The van der Waals surface area contributed by atoms with E-state index in [0.29, 0.717) is 6.10 Å². The normalized spacial score (nSPS) is 16.0. The first-order valence-corrected chi connectivity index (χ1v) is 10.2. The summed E-state index contributed by atoms with van der Waals surface area (Å²) in [5, 5.41) is 3.42. The molecule has 1 aromatic rings. The van der Waals surface area contributed by atoms with E-state index in [-0.39, 0.29) is 0 Å². The van der Waals surface area contributed by atoms with Crippen LogP contribution in [-0.2, 0) is 16.0 Å². The number of hydrogen-bond donors (Lipinski definition) is 1. The second kappa shape index (κ2) is 11.4. The second-order valence-electron chi connectivity index (χ2n) is 6.21. The average molecular weight is 366 g/mol. The number of thioether (sulfide) groups is 1. The molecule has 2 rings (SSSR count). The van der Waals surface area contributed by atoms with Crippen molar-refractivity contribution < 1.29 is 9.47 Å². The largest absolute Gasteiger partial charge is 0.381 e. The van der Waals surface area contributed by atoms with Crippen LogP contribution in [-0.4, -0.2) is 63.7 Å². The molecule has 1 saturated heterocycles. The van der Waals surface area contributed by atoms with Crippen LogP contribution >= 0.6 is 11.8 Å². The van der Waals surface area contributed by atoms with Gasteiger partial charge < -0.3 is 19.7 Å². The van der Waals surface area contributed by atoms with Gasteiger partial charge in [-0.25, -0.2) is 0 Å². The number of ether oxygens (including phenoxy) is 2. The minimum atomic E-state index is 0.375. The lowest BCUT2D eigenvalue weighted by Crippen LogP contribution is -2.39. The molecule has 0 radical (unpaired) electrons. The van der Waals surface area contributed by atoms with Crippen molar-refractivity contribution >= 4 is 17.7 Å². The molecule has 0 unspecified atom stereocenters. The van der Waals surface area contributed by atoms with E-state index in [9.17, 15) is 0 Å². The summed E-state index contributed by atoms with van der Waals surface area (Å²) in [5.41, 5.74) is 1.28. The SMILES string of the molecule is CN=C(NCCCOC1CCOCC1)N(C)Cc1ccc(SC)cc1. The smallest absolute Gasteiger partial charge is 0.193 e. The molecule has 1 aromatic carbocycles. The Hall–Kier alpha value is -1.24. The summed E-state index contributed by atoms with van der Waals surface area (Å²) >= 11 is 1.76. The minimum Gasteiger partial charge on any atom is -0.381 e. The fourth-order valence-electron chi connectivity index (χ4n) is 2.83. The van der Waals surface area contributed by atoms with Crippen LogP contribution in [0.4, 0.5) is 0 Å². The van der Waals surface area contributed by atoms with Gasteiger partial charge in [0.15, 0.2) is 5.96 Å². The lowest BCUT2D eigenvalue weighted by Gasteiger charge is -2.24. The molecule has 0 spiro atoms. The van der Waals surface area contributed by atoms with E-state index < -0.39 is 0 Å². The molecule has 1 aliphatic heterocycles. The van der Waals surface area contributed by atoms with Gasteiger partial charge in [-0.3, -0.25) is 4.99 Å². The molecule has 6 heteroatoms. The van der Waals surface area contributed by atoms with Gasteiger partial charge >= 0.3 is 0 Å². The Morgan fingerprint density at radius 2 is 2.04 bits per heavy atom. The van der Waals surface area contributed by atoms with Crippen molar-refractivity contribution in [2.75, 3.05) is 46.7 Å². The third-order valence-electron chi connectivity index (χ3n) is 4.28. The van der Waals surface area contributed by atoms with Crippen LogP contribution in [0.2, 0.25) is 0 Å². The molecule has 5 nitrogen and oxygen atoms in total. The predicted molar refractivity (Wildman–Crippen MR) is 105 cm³/mol. The predicted octanol–water partition coefficient (Wildman–Crippen LogP) is 3.00. The molecule has 1 aliphatic rings. The molecule has 140 valence electrons. The van der Waals surface area contributed by atoms with E-state index in [2.05, 4.69) is 52.8 Å². The number of nitrogens with one attached hydrogen (secondary N) is 1. The summed E-state index contributed by atoms with van der Waals surface area (Å²) in [4.78, 5) is 7.81. The van der Waals surface area contributed by atoms with E-state index in [1.165, 1.54) is 10.5 Å². The van der Waals surface area contributed by atoms with Gasteiger partial charge in [0.1, 0.15) is 0 Å². The van der Waals surface area contributed by atoms with Crippen LogP contribution < -0.4 is 5.32 Å². The number of guanidine groups is 1. The Labute approximate surface area is 156 Å². The Balaban J connectivity index is 1.66. The Kier molecular flexibility index (Phi) is 9.15. The lowest BCUT2D eigenvalue weighted by atomic mass is 10.1. The number of rotatable bonds is 8. The number of aliphatic imine (C=N–C) groups is 1. The van der Waals surface area contributed by atoms with Gasteiger partial charge in [-0.1, -0.05) is 12.1 Å². The average Bonchev–Trinajstić information content (AvgIpc) is 2.66. The van der Waals surface area contributed by atoms with Crippen molar-refractivity contribution in [1.82, 2.24) is 10.2 Å². The van der Waals surface area contributed by atoms with Gasteiger partial charge in [-0.15, -0.1) is 11.8 Å². The molecule has 1 heterocycles. The lowest BCUT2D eigenvalue weighted by molar-refractivity contribution is -0.0320. The van der Waals surface area contributed by atoms with Crippen molar-refractivity contribution in [3.8, 4) is 0 Å². The highest BCUT2D eigenvalue weighted by molar-refractivity contribution is 7.98. The Morgan fingerprint density at radius 1 is 1.32 bits per heavy atom. The van der Waals surface area contributed by atoms with Gasteiger partial charge in [-0.2, -0.15) is 0 Å². The molecular formula is C19H31N3O2S. The molecule has 0 aromatic heterocycles. The quantitative estimate of drug-likeness (QED) is 0.332. The molecular weight excluding hydrogens is 334 g/mol. The van der Waals surface area contributed by atoms with Gasteiger partial charge in [0.2, 0.25) is 0 Å². The van der Waals surface area contributed by atoms with E-state index in [1.807, 2.05) is 7.05 Å². The fourth-order valence-corrected chi connectivity index (χ4v) is 3.24. The topological polar surface area (TPSA) is 46.1 Å². The highest BCUT2D eigenvalue weighted by atomic mass is 32.2. The molecule has 0 amide bonds. The minimum absolute atomic E-state index is 0.375. The van der Waals surface area contributed by atoms with Gasteiger partial charge in [0, 0.05) is 51.9 Å². The third-order valence-corrected chi connectivity index (χ3v) is 5.02. The highest BCUT2D eigenvalue weighted by Crippen LogP contribution is 2.15. The maximum atomic E-state index is 5.90. The van der Waals surface area contributed by atoms with Crippen LogP contribution in [0, 0.1) is 0 Å². The zero-order valence-electron chi connectivity index (χ0n) is 15.7. The molecule has 1 fully saturated rings. The van der Waals surface area contributed by atoms with Gasteiger partial charge in [-0.05, 0) is 43.2 Å². The third kappa shape index (κ3) is 7.26. The first-order valence-electron chi connectivity index (χ1n) is 8.97. The Morgan fingerprint density at radius 3 is 2.68 bits per heavy atom. The van der Waals surface area contributed by atoms with E-state index in [1.54, 1.807) is 11.8 Å². The zero-order chi connectivity index (χ0) is 17.9. The van der Waals surface area contributed by atoms with Crippen molar-refractivity contribution in [2.24, 2.45) is 4.99 Å². The van der Waals surface area contributed by atoms with Crippen molar-refractivity contribution in [3.63, 3.8) is 0 Å². The van der Waals surface area contributed by atoms with Crippen LogP contribution in [0.3, 0.4) is 0 Å². The summed E-state index contributed by atoms with van der Waals surface area (Å²) in [6.07, 6.45) is 5.49. The second-order valence-corrected chi connectivity index (χ2v) is 7.09. The first-order chi connectivity index (χ1) is 12.2. The maximum absolute atomic E-state index is 5.90. The standard InChI is InChI=1S/C19H31N3O2S/c1-20-19(21-11-4-12-24-17-9-13-23-14-10-17)22(2)15-16-5-7-18(25-3)8-6-16/h5-8,17H,4,9-15H2,1-3H3,(H,20,21). The molecule has 0 aliphatic carbocycles. The maximum Gasteiger partial charge on any atom is 0.193 e. The Bertz CT molecular complexity index is 516. The van der Waals surface area contributed by atoms with Crippen molar-refractivity contribution in [1.29, 1.82) is 0 Å². The summed E-state index contributed by atoms with van der Waals surface area (Å²) in [6.45, 7) is 4.16. The molecule has 0 saturated carbocycles. The van der Waals surface area contributed by atoms with Gasteiger partial charge in [0.25, 0.3) is 0 Å². The van der Waals surface area contributed by atoms with Crippen LogP contribution in [0.25, 0.3) is 0 Å². The van der Waals surface area contributed by atoms with E-state index in [0.717, 1.165) is 58.1 Å². The highest BCUT2D eigenvalue weighted by Gasteiger charge is 2.13. The molecule has 1 N–H and O–H groups in total. The number of benzene rings is 1. The number of nitrogens with zero attached hydrogens (tertiary/aromatic N) is 2. The molecule has 25 heavy (non-hydrogen) atoms. The van der Waals surface area contributed by atoms with Crippen LogP contribution in [0.5, 0.6) is 0 Å². The van der Waals surface area contributed by atoms with Crippen molar-refractivity contribution in [2.45, 2.75) is 36.8 Å².